The number of nitrogens with one attached hydrogen (secondary N) is 1. The first kappa shape index (κ1) is 13.5. The molecule has 5 heteroatoms. The number of hydrogen-bond donors (Lipinski definition) is 3. The van der Waals surface area contributed by atoms with Crippen LogP contribution in [-0.4, -0.2) is 43.1 Å². The third-order valence-corrected chi connectivity index (χ3v) is 2.45. The van der Waals surface area contributed by atoms with Crippen LogP contribution >= 0.6 is 0 Å². The van der Waals surface area contributed by atoms with Crippen LogP contribution in [0.15, 0.2) is 29.4 Å². The Balaban J connectivity index is 2.58. The number of nitrogens with zero attached hydrogens (tertiary/aromatic N) is 2. The second-order valence-corrected chi connectivity index (χ2v) is 4.12. The van der Waals surface area contributed by atoms with Crippen molar-refractivity contribution in [3.05, 3.63) is 35.4 Å². The van der Waals surface area contributed by atoms with Crippen LogP contribution in [0.3, 0.4) is 0 Å². The zero-order valence-corrected chi connectivity index (χ0v) is 10.3. The number of amidine groups is 1. The minimum Gasteiger partial charge on any atom is -0.409 e. The summed E-state index contributed by atoms with van der Waals surface area (Å²) in [4.78, 5) is 2.11. The smallest absolute Gasteiger partial charge is 0.170 e. The Hall–Kier alpha value is -1.59. The first-order chi connectivity index (χ1) is 8.15. The fourth-order valence-electron chi connectivity index (χ4n) is 1.50. The Morgan fingerprint density at radius 1 is 1.41 bits per heavy atom. The maximum absolute atomic E-state index is 8.69. The van der Waals surface area contributed by atoms with E-state index in [1.165, 1.54) is 0 Å². The monoisotopic (exact) mass is 236 g/mol. The van der Waals surface area contributed by atoms with Crippen molar-refractivity contribution in [3.8, 4) is 0 Å². The summed E-state index contributed by atoms with van der Waals surface area (Å²) in [6, 6.07) is 7.63. The molecule has 4 N–H and O–H groups in total. The topological polar surface area (TPSA) is 73.9 Å². The molecular weight excluding hydrogens is 216 g/mol. The van der Waals surface area contributed by atoms with Gasteiger partial charge in [-0.25, -0.2) is 0 Å². The van der Waals surface area contributed by atoms with Gasteiger partial charge in [0.25, 0.3) is 0 Å². The molecule has 0 saturated heterocycles. The molecule has 0 heterocycles. The van der Waals surface area contributed by atoms with Crippen LogP contribution in [-0.2, 0) is 6.54 Å². The molecule has 1 aromatic carbocycles. The average Bonchev–Trinajstić information content (AvgIpc) is 2.34. The van der Waals surface area contributed by atoms with Gasteiger partial charge < -0.3 is 21.2 Å². The SMILES string of the molecule is CN(C)CCNCc1ccccc1C(N)=NO. The summed E-state index contributed by atoms with van der Waals surface area (Å²) in [5, 5.41) is 15.0. The van der Waals surface area contributed by atoms with E-state index in [1.807, 2.05) is 38.4 Å². The van der Waals surface area contributed by atoms with Gasteiger partial charge in [-0.2, -0.15) is 0 Å². The largest absolute Gasteiger partial charge is 0.409 e. The van der Waals surface area contributed by atoms with E-state index in [2.05, 4.69) is 15.4 Å². The average molecular weight is 236 g/mol. The van der Waals surface area contributed by atoms with Gasteiger partial charge >= 0.3 is 0 Å². The normalized spacial score (nSPS) is 12.1. The fourth-order valence-corrected chi connectivity index (χ4v) is 1.50. The molecule has 0 aliphatic rings. The number of nitrogens with two attached hydrogens (primary N) is 1. The second kappa shape index (κ2) is 6.88. The molecule has 0 aromatic heterocycles. The Labute approximate surface area is 102 Å². The van der Waals surface area contributed by atoms with E-state index in [9.17, 15) is 0 Å². The molecule has 0 fully saturated rings. The molecule has 0 spiro atoms. The Bertz CT molecular complexity index is 377. The zero-order chi connectivity index (χ0) is 12.7. The molecule has 0 unspecified atom stereocenters. The van der Waals surface area contributed by atoms with Crippen molar-refractivity contribution < 1.29 is 5.21 Å². The lowest BCUT2D eigenvalue weighted by Gasteiger charge is -2.12. The predicted molar refractivity (Wildman–Crippen MR) is 69.2 cm³/mol. The van der Waals surface area contributed by atoms with Crippen LogP contribution in [0.4, 0.5) is 0 Å². The number of oxime groups is 1. The van der Waals surface area contributed by atoms with Gasteiger partial charge in [0.05, 0.1) is 0 Å². The van der Waals surface area contributed by atoms with Crippen LogP contribution in [0.25, 0.3) is 0 Å². The number of rotatable bonds is 6. The molecule has 0 aliphatic heterocycles. The highest BCUT2D eigenvalue weighted by atomic mass is 16.4. The maximum Gasteiger partial charge on any atom is 0.170 e. The Morgan fingerprint density at radius 2 is 2.12 bits per heavy atom. The van der Waals surface area contributed by atoms with Crippen LogP contribution in [0.5, 0.6) is 0 Å². The highest BCUT2D eigenvalue weighted by molar-refractivity contribution is 5.98. The molecule has 5 nitrogen and oxygen atoms in total. The third kappa shape index (κ3) is 4.42. The third-order valence-electron chi connectivity index (χ3n) is 2.45. The van der Waals surface area contributed by atoms with Gasteiger partial charge in [0.15, 0.2) is 5.84 Å². The molecule has 0 saturated carbocycles. The van der Waals surface area contributed by atoms with Gasteiger partial charge in [-0.1, -0.05) is 29.4 Å². The lowest BCUT2D eigenvalue weighted by atomic mass is 10.1. The summed E-state index contributed by atoms with van der Waals surface area (Å²) in [6.45, 7) is 2.59. The van der Waals surface area contributed by atoms with E-state index in [1.54, 1.807) is 0 Å². The first-order valence-corrected chi connectivity index (χ1v) is 5.56. The maximum atomic E-state index is 8.69. The van der Waals surface area contributed by atoms with Crippen molar-refractivity contribution in [2.45, 2.75) is 6.54 Å². The van der Waals surface area contributed by atoms with Crippen molar-refractivity contribution >= 4 is 5.84 Å². The summed E-state index contributed by atoms with van der Waals surface area (Å²) in [7, 11) is 4.07. The minimum atomic E-state index is 0.148. The highest BCUT2D eigenvalue weighted by Crippen LogP contribution is 2.07. The molecule has 0 bridgehead atoms. The molecule has 0 atom stereocenters. The lowest BCUT2D eigenvalue weighted by molar-refractivity contribution is 0.318. The van der Waals surface area contributed by atoms with Crippen molar-refractivity contribution in [2.75, 3.05) is 27.2 Å². The number of benzene rings is 1. The molecule has 0 radical (unpaired) electrons. The summed E-state index contributed by atoms with van der Waals surface area (Å²) in [5.41, 5.74) is 7.41. The summed E-state index contributed by atoms with van der Waals surface area (Å²) in [6.07, 6.45) is 0. The van der Waals surface area contributed by atoms with Gasteiger partial charge in [-0.05, 0) is 19.7 Å². The van der Waals surface area contributed by atoms with Gasteiger partial charge in [0.1, 0.15) is 0 Å². The fraction of sp³-hybridized carbons (Fsp3) is 0.417. The molecule has 0 amide bonds. The summed E-state index contributed by atoms with van der Waals surface area (Å²) < 4.78 is 0. The van der Waals surface area contributed by atoms with Crippen molar-refractivity contribution in [1.82, 2.24) is 10.2 Å². The van der Waals surface area contributed by atoms with E-state index >= 15 is 0 Å². The van der Waals surface area contributed by atoms with Crippen LogP contribution < -0.4 is 11.1 Å². The highest BCUT2D eigenvalue weighted by Gasteiger charge is 2.05. The van der Waals surface area contributed by atoms with Gasteiger partial charge in [0.2, 0.25) is 0 Å². The summed E-state index contributed by atoms with van der Waals surface area (Å²) >= 11 is 0. The number of likely N-dealkylation sites (N-methyl/N-ethyl adjacent to an activating group) is 1. The van der Waals surface area contributed by atoms with E-state index in [0.29, 0.717) is 6.54 Å². The Kier molecular flexibility index (Phi) is 5.45. The van der Waals surface area contributed by atoms with E-state index in [0.717, 1.165) is 24.2 Å². The minimum absolute atomic E-state index is 0.148. The second-order valence-electron chi connectivity index (χ2n) is 4.12. The molecule has 0 aliphatic carbocycles. The van der Waals surface area contributed by atoms with Gasteiger partial charge in [-0.15, -0.1) is 0 Å². The summed E-state index contributed by atoms with van der Waals surface area (Å²) in [5.74, 6) is 0.148. The molecule has 94 valence electrons. The van der Waals surface area contributed by atoms with Gasteiger partial charge in [-0.3, -0.25) is 0 Å². The predicted octanol–water partition coefficient (Wildman–Crippen LogP) is 0.432. The van der Waals surface area contributed by atoms with E-state index < -0.39 is 0 Å². The van der Waals surface area contributed by atoms with Crippen molar-refractivity contribution in [2.24, 2.45) is 10.9 Å². The number of hydrogen-bond acceptors (Lipinski definition) is 4. The molecule has 1 rings (SSSR count). The standard InChI is InChI=1S/C12H20N4O/c1-16(2)8-7-14-9-10-5-3-4-6-11(10)12(13)15-17/h3-6,14,17H,7-9H2,1-2H3,(H2,13,15). The molecular formula is C12H20N4O. The van der Waals surface area contributed by atoms with E-state index in [4.69, 9.17) is 10.9 Å². The zero-order valence-electron chi connectivity index (χ0n) is 10.3. The quantitative estimate of drug-likeness (QED) is 0.220. The molecule has 17 heavy (non-hydrogen) atoms. The van der Waals surface area contributed by atoms with Crippen molar-refractivity contribution in [3.63, 3.8) is 0 Å². The lowest BCUT2D eigenvalue weighted by Crippen LogP contribution is -2.27. The van der Waals surface area contributed by atoms with Crippen LogP contribution in [0.2, 0.25) is 0 Å². The Morgan fingerprint density at radius 3 is 2.76 bits per heavy atom. The van der Waals surface area contributed by atoms with Crippen LogP contribution in [0.1, 0.15) is 11.1 Å². The van der Waals surface area contributed by atoms with Gasteiger partial charge in [0, 0.05) is 25.2 Å². The van der Waals surface area contributed by atoms with Crippen LogP contribution in [0, 0.1) is 0 Å². The molecule has 1 aromatic rings. The first-order valence-electron chi connectivity index (χ1n) is 5.56. The van der Waals surface area contributed by atoms with Crippen molar-refractivity contribution in [1.29, 1.82) is 0 Å². The van der Waals surface area contributed by atoms with E-state index in [-0.39, 0.29) is 5.84 Å².